The molecule has 0 saturated heterocycles. The molecule has 2 aromatic heterocycles. The van der Waals surface area contributed by atoms with E-state index in [2.05, 4.69) is 15.4 Å². The molecule has 0 bridgehead atoms. The lowest BCUT2D eigenvalue weighted by molar-refractivity contribution is -0.116. The van der Waals surface area contributed by atoms with Crippen LogP contribution in [0.5, 0.6) is 0 Å². The molecule has 158 valence electrons. The van der Waals surface area contributed by atoms with Crippen LogP contribution >= 0.6 is 0 Å². The Labute approximate surface area is 183 Å². The van der Waals surface area contributed by atoms with Crippen LogP contribution in [-0.4, -0.2) is 43.9 Å². The largest absolute Gasteiger partial charge is 0.325 e. The lowest BCUT2D eigenvalue weighted by Crippen LogP contribution is -2.32. The summed E-state index contributed by atoms with van der Waals surface area (Å²) in [6, 6.07) is 18.2. The molecule has 0 unspecified atom stereocenters. The van der Waals surface area contributed by atoms with E-state index in [-0.39, 0.29) is 30.7 Å². The van der Waals surface area contributed by atoms with E-state index in [1.165, 1.54) is 0 Å². The number of anilines is 1. The Morgan fingerprint density at radius 2 is 1.62 bits per heavy atom. The number of aryl methyl sites for hydroxylation is 1. The van der Waals surface area contributed by atoms with Crippen molar-refractivity contribution >= 4 is 34.4 Å². The van der Waals surface area contributed by atoms with Gasteiger partial charge in [-0.1, -0.05) is 30.3 Å². The number of carbonyl (C=O) groups is 3. The molecule has 32 heavy (non-hydrogen) atoms. The van der Waals surface area contributed by atoms with E-state index < -0.39 is 0 Å². The van der Waals surface area contributed by atoms with E-state index in [4.69, 9.17) is 0 Å². The van der Waals surface area contributed by atoms with E-state index in [9.17, 15) is 14.4 Å². The highest BCUT2D eigenvalue weighted by atomic mass is 16.2. The number of benzene rings is 2. The van der Waals surface area contributed by atoms with Crippen LogP contribution in [0.4, 0.5) is 5.69 Å². The second kappa shape index (κ2) is 7.73. The quantitative estimate of drug-likeness (QED) is 0.495. The van der Waals surface area contributed by atoms with Crippen molar-refractivity contribution in [2.75, 3.05) is 11.9 Å². The zero-order chi connectivity index (χ0) is 22.2. The van der Waals surface area contributed by atoms with Crippen LogP contribution in [0, 0.1) is 6.92 Å². The second-order valence-corrected chi connectivity index (χ2v) is 7.53. The first-order valence-electron chi connectivity index (χ1n) is 10.2. The number of amides is 3. The van der Waals surface area contributed by atoms with E-state index >= 15 is 0 Å². The molecule has 0 saturated carbocycles. The minimum atomic E-state index is -0.370. The smallest absolute Gasteiger partial charge is 0.261 e. The number of imide groups is 1. The molecule has 0 spiro atoms. The van der Waals surface area contributed by atoms with Gasteiger partial charge >= 0.3 is 0 Å². The summed E-state index contributed by atoms with van der Waals surface area (Å²) in [6.45, 7) is 1.90. The molecule has 1 aliphatic rings. The summed E-state index contributed by atoms with van der Waals surface area (Å²) < 4.78 is 1.76. The summed E-state index contributed by atoms with van der Waals surface area (Å²) >= 11 is 0. The molecule has 2 aromatic carbocycles. The number of para-hydroxylation sites is 1. The Hall–Kier alpha value is -4.33. The van der Waals surface area contributed by atoms with Crippen LogP contribution in [-0.2, 0) is 4.79 Å². The average Bonchev–Trinajstić information content (AvgIpc) is 3.27. The molecule has 1 N–H and O–H groups in total. The first-order valence-corrected chi connectivity index (χ1v) is 10.2. The van der Waals surface area contributed by atoms with Crippen molar-refractivity contribution in [1.29, 1.82) is 0 Å². The van der Waals surface area contributed by atoms with E-state index in [1.807, 2.05) is 43.3 Å². The summed E-state index contributed by atoms with van der Waals surface area (Å²) in [5.74, 6) is -1.05. The first kappa shape index (κ1) is 19.6. The minimum Gasteiger partial charge on any atom is -0.325 e. The van der Waals surface area contributed by atoms with Crippen LogP contribution in [0.2, 0.25) is 0 Å². The normalized spacial score (nSPS) is 13.0. The van der Waals surface area contributed by atoms with Crippen LogP contribution in [0.15, 0.2) is 66.9 Å². The summed E-state index contributed by atoms with van der Waals surface area (Å²) in [6.07, 6.45) is 1.56. The molecule has 0 atom stereocenters. The lowest BCUT2D eigenvalue weighted by atomic mass is 10.1. The number of hydrogen-bond donors (Lipinski definition) is 1. The molecule has 3 amide bonds. The Bertz CT molecular complexity index is 1340. The van der Waals surface area contributed by atoms with Gasteiger partial charge in [-0.2, -0.15) is 5.10 Å². The van der Waals surface area contributed by atoms with Gasteiger partial charge in [0.25, 0.3) is 11.8 Å². The summed E-state index contributed by atoms with van der Waals surface area (Å²) in [5.41, 5.74) is 3.66. The van der Waals surface area contributed by atoms with E-state index in [0.717, 1.165) is 21.7 Å². The molecule has 8 heteroatoms. The molecule has 8 nitrogen and oxygen atoms in total. The molecule has 4 aromatic rings. The summed E-state index contributed by atoms with van der Waals surface area (Å²) in [7, 11) is 0. The topological polar surface area (TPSA) is 97.2 Å². The van der Waals surface area contributed by atoms with Crippen molar-refractivity contribution in [2.24, 2.45) is 0 Å². The number of carbonyl (C=O) groups excluding carboxylic acids is 3. The lowest BCUT2D eigenvalue weighted by Gasteiger charge is -2.13. The molecular weight excluding hydrogens is 406 g/mol. The van der Waals surface area contributed by atoms with Crippen molar-refractivity contribution in [3.63, 3.8) is 0 Å². The third kappa shape index (κ3) is 3.31. The number of aromatic nitrogens is 3. The predicted molar refractivity (Wildman–Crippen MR) is 119 cm³/mol. The van der Waals surface area contributed by atoms with Gasteiger partial charge in [0.1, 0.15) is 0 Å². The second-order valence-electron chi connectivity index (χ2n) is 7.53. The van der Waals surface area contributed by atoms with Gasteiger partial charge in [-0.05, 0) is 37.3 Å². The summed E-state index contributed by atoms with van der Waals surface area (Å²) in [4.78, 5) is 43.0. The van der Waals surface area contributed by atoms with Gasteiger partial charge in [0.2, 0.25) is 5.91 Å². The number of rotatable bonds is 5. The highest BCUT2D eigenvalue weighted by Gasteiger charge is 2.34. The van der Waals surface area contributed by atoms with Crippen molar-refractivity contribution in [2.45, 2.75) is 13.3 Å². The van der Waals surface area contributed by atoms with Gasteiger partial charge in [-0.3, -0.25) is 19.3 Å². The van der Waals surface area contributed by atoms with Gasteiger partial charge in [-0.25, -0.2) is 9.67 Å². The van der Waals surface area contributed by atoms with Gasteiger partial charge in [0.05, 0.1) is 34.4 Å². The molecule has 0 radical (unpaired) electrons. The standard InChI is InChI=1S/C24H19N5O3/c1-15-20-13-16(14-25-22(20)29(27-15)17-7-3-2-4-8-17)26-21(30)11-12-28-23(31)18-9-5-6-10-19(18)24(28)32/h2-10,13-14H,11-12H2,1H3,(H,26,30). The Kier molecular flexibility index (Phi) is 4.74. The number of fused-ring (bicyclic) bond motifs is 2. The highest BCUT2D eigenvalue weighted by Crippen LogP contribution is 2.24. The van der Waals surface area contributed by atoms with Crippen molar-refractivity contribution in [3.05, 3.63) is 83.7 Å². The molecule has 0 aliphatic carbocycles. The van der Waals surface area contributed by atoms with Crippen molar-refractivity contribution < 1.29 is 14.4 Å². The molecule has 0 fully saturated rings. The average molecular weight is 425 g/mol. The Balaban J connectivity index is 1.29. The van der Waals surface area contributed by atoms with Crippen LogP contribution in [0.25, 0.3) is 16.7 Å². The van der Waals surface area contributed by atoms with Crippen molar-refractivity contribution in [1.82, 2.24) is 19.7 Å². The third-order valence-corrected chi connectivity index (χ3v) is 5.43. The first-order chi connectivity index (χ1) is 15.5. The van der Waals surface area contributed by atoms with Crippen LogP contribution in [0.1, 0.15) is 32.8 Å². The van der Waals surface area contributed by atoms with Gasteiger partial charge < -0.3 is 5.32 Å². The molecule has 3 heterocycles. The summed E-state index contributed by atoms with van der Waals surface area (Å²) in [5, 5.41) is 8.19. The maximum absolute atomic E-state index is 12.5. The maximum atomic E-state index is 12.5. The number of pyridine rings is 1. The fourth-order valence-electron chi connectivity index (χ4n) is 3.84. The predicted octanol–water partition coefficient (Wildman–Crippen LogP) is 3.35. The Morgan fingerprint density at radius 3 is 2.31 bits per heavy atom. The molecule has 1 aliphatic heterocycles. The number of nitrogens with one attached hydrogen (secondary N) is 1. The monoisotopic (exact) mass is 425 g/mol. The van der Waals surface area contributed by atoms with E-state index in [1.54, 1.807) is 35.1 Å². The zero-order valence-corrected chi connectivity index (χ0v) is 17.3. The maximum Gasteiger partial charge on any atom is 0.261 e. The molecular formula is C24H19N5O3. The van der Waals surface area contributed by atoms with Crippen LogP contribution in [0.3, 0.4) is 0 Å². The third-order valence-electron chi connectivity index (χ3n) is 5.43. The zero-order valence-electron chi connectivity index (χ0n) is 17.3. The number of nitrogens with zero attached hydrogens (tertiary/aromatic N) is 4. The highest BCUT2D eigenvalue weighted by molar-refractivity contribution is 6.21. The van der Waals surface area contributed by atoms with Gasteiger partial charge in [0.15, 0.2) is 5.65 Å². The van der Waals surface area contributed by atoms with Crippen LogP contribution < -0.4 is 5.32 Å². The van der Waals surface area contributed by atoms with Gasteiger partial charge in [-0.15, -0.1) is 0 Å². The Morgan fingerprint density at radius 1 is 0.969 bits per heavy atom. The van der Waals surface area contributed by atoms with Crippen molar-refractivity contribution in [3.8, 4) is 5.69 Å². The molecule has 5 rings (SSSR count). The van der Waals surface area contributed by atoms with Gasteiger partial charge in [0, 0.05) is 18.4 Å². The van der Waals surface area contributed by atoms with E-state index in [0.29, 0.717) is 22.5 Å². The fourth-order valence-corrected chi connectivity index (χ4v) is 3.84. The SMILES string of the molecule is Cc1nn(-c2ccccc2)c2ncc(NC(=O)CCN3C(=O)c4ccccc4C3=O)cc12. The minimum absolute atomic E-state index is 0.00817. The fraction of sp³-hybridized carbons (Fsp3) is 0.125. The number of hydrogen-bond acceptors (Lipinski definition) is 5.